The summed E-state index contributed by atoms with van der Waals surface area (Å²) in [7, 11) is 4.62. The highest BCUT2D eigenvalue weighted by Crippen LogP contribution is 2.40. The van der Waals surface area contributed by atoms with Gasteiger partial charge in [-0.1, -0.05) is 28.9 Å². The Morgan fingerprint density at radius 1 is 1.16 bits per heavy atom. The quantitative estimate of drug-likeness (QED) is 0.517. The number of nitrogens with zero attached hydrogens (tertiary/aromatic N) is 3. The van der Waals surface area contributed by atoms with Crippen LogP contribution in [0.4, 0.5) is 0 Å². The summed E-state index contributed by atoms with van der Waals surface area (Å²) in [4.78, 5) is 19.0. The first kappa shape index (κ1) is 21.8. The summed E-state index contributed by atoms with van der Waals surface area (Å²) in [5.41, 5.74) is 4.17. The zero-order chi connectivity index (χ0) is 22.7. The summed E-state index contributed by atoms with van der Waals surface area (Å²) in [6.07, 6.45) is 1.00. The zero-order valence-electron chi connectivity index (χ0n) is 18.8. The second kappa shape index (κ2) is 9.40. The molecule has 0 radical (unpaired) electrons. The number of carbonyl (C=O) groups excluding carboxylic acids is 1. The van der Waals surface area contributed by atoms with Crippen molar-refractivity contribution in [2.45, 2.75) is 32.4 Å². The Labute approximate surface area is 187 Å². The number of aromatic nitrogens is 2. The highest BCUT2D eigenvalue weighted by atomic mass is 16.5. The van der Waals surface area contributed by atoms with Gasteiger partial charge in [0.15, 0.2) is 11.5 Å². The lowest BCUT2D eigenvalue weighted by Crippen LogP contribution is -2.36. The predicted molar refractivity (Wildman–Crippen MR) is 118 cm³/mol. The molecule has 0 aliphatic carbocycles. The highest BCUT2D eigenvalue weighted by molar-refractivity contribution is 5.70. The molecule has 0 spiro atoms. The molecule has 0 fully saturated rings. The molecule has 0 N–H and O–H groups in total. The molecule has 32 heavy (non-hydrogen) atoms. The van der Waals surface area contributed by atoms with Crippen LogP contribution in [0, 0.1) is 6.92 Å². The third-order valence-electron chi connectivity index (χ3n) is 5.78. The zero-order valence-corrected chi connectivity index (χ0v) is 18.8. The van der Waals surface area contributed by atoms with E-state index in [1.54, 1.807) is 14.2 Å². The number of benzene rings is 2. The van der Waals surface area contributed by atoms with E-state index in [1.807, 2.05) is 43.3 Å². The molecule has 3 aromatic rings. The van der Waals surface area contributed by atoms with Crippen molar-refractivity contribution >= 4 is 5.97 Å². The standard InChI is InChI=1S/C24H27N3O5/c1-15-6-5-7-17(10-15)24-25-22(32-26-24)14-27-9-8-16-11-20(29-2)21(30-3)12-18(16)19(27)13-23(28)31-4/h5-7,10-12,19H,8-9,13-14H2,1-4H3/t19-/m0/s1. The summed E-state index contributed by atoms with van der Waals surface area (Å²) >= 11 is 0. The van der Waals surface area contributed by atoms with Crippen LogP contribution in [0.3, 0.4) is 0 Å². The van der Waals surface area contributed by atoms with E-state index in [0.29, 0.717) is 29.8 Å². The van der Waals surface area contributed by atoms with Crippen molar-refractivity contribution in [1.82, 2.24) is 15.0 Å². The molecule has 8 nitrogen and oxygen atoms in total. The van der Waals surface area contributed by atoms with Gasteiger partial charge < -0.3 is 18.7 Å². The lowest BCUT2D eigenvalue weighted by atomic mass is 9.90. The molecule has 1 aliphatic heterocycles. The van der Waals surface area contributed by atoms with Crippen molar-refractivity contribution in [3.63, 3.8) is 0 Å². The van der Waals surface area contributed by atoms with E-state index in [2.05, 4.69) is 15.0 Å². The molecule has 2 aromatic carbocycles. The number of ether oxygens (including phenoxy) is 3. The predicted octanol–water partition coefficient (Wildman–Crippen LogP) is 3.72. The second-order valence-electron chi connectivity index (χ2n) is 7.80. The molecule has 2 heterocycles. The fraction of sp³-hybridized carbons (Fsp3) is 0.375. The van der Waals surface area contributed by atoms with Crippen LogP contribution in [-0.2, 0) is 22.5 Å². The van der Waals surface area contributed by atoms with E-state index in [1.165, 1.54) is 7.11 Å². The van der Waals surface area contributed by atoms with Crippen molar-refractivity contribution in [1.29, 1.82) is 0 Å². The van der Waals surface area contributed by atoms with Crippen LogP contribution >= 0.6 is 0 Å². The number of hydrogen-bond acceptors (Lipinski definition) is 8. The maximum atomic E-state index is 12.2. The Morgan fingerprint density at radius 3 is 2.66 bits per heavy atom. The van der Waals surface area contributed by atoms with E-state index in [-0.39, 0.29) is 18.4 Å². The smallest absolute Gasteiger partial charge is 0.307 e. The van der Waals surface area contributed by atoms with Gasteiger partial charge in [-0.25, -0.2) is 0 Å². The van der Waals surface area contributed by atoms with Gasteiger partial charge in [-0.2, -0.15) is 4.98 Å². The number of methoxy groups -OCH3 is 3. The summed E-state index contributed by atoms with van der Waals surface area (Å²) in [5, 5.41) is 4.15. The minimum absolute atomic E-state index is 0.206. The third-order valence-corrected chi connectivity index (χ3v) is 5.78. The molecular formula is C24H27N3O5. The van der Waals surface area contributed by atoms with Gasteiger partial charge in [-0.15, -0.1) is 0 Å². The van der Waals surface area contributed by atoms with E-state index in [0.717, 1.165) is 35.2 Å². The van der Waals surface area contributed by atoms with Crippen molar-refractivity contribution < 1.29 is 23.5 Å². The third kappa shape index (κ3) is 4.45. The lowest BCUT2D eigenvalue weighted by molar-refractivity contribution is -0.142. The van der Waals surface area contributed by atoms with Crippen LogP contribution in [0.25, 0.3) is 11.4 Å². The van der Waals surface area contributed by atoms with Gasteiger partial charge in [0.05, 0.1) is 34.3 Å². The van der Waals surface area contributed by atoms with Crippen LogP contribution in [0.2, 0.25) is 0 Å². The maximum absolute atomic E-state index is 12.2. The van der Waals surface area contributed by atoms with Crippen LogP contribution in [0.5, 0.6) is 11.5 Å². The van der Waals surface area contributed by atoms with E-state index in [9.17, 15) is 4.79 Å². The number of esters is 1. The van der Waals surface area contributed by atoms with Gasteiger partial charge in [-0.3, -0.25) is 9.69 Å². The monoisotopic (exact) mass is 437 g/mol. The molecule has 1 atom stereocenters. The van der Waals surface area contributed by atoms with Crippen LogP contribution in [-0.4, -0.2) is 48.9 Å². The topological polar surface area (TPSA) is 86.9 Å². The molecule has 4 rings (SSSR count). The Balaban J connectivity index is 1.63. The van der Waals surface area contributed by atoms with Gasteiger partial charge in [0.25, 0.3) is 0 Å². The number of rotatable bonds is 7. The average molecular weight is 437 g/mol. The van der Waals surface area contributed by atoms with Gasteiger partial charge >= 0.3 is 5.97 Å². The Kier molecular flexibility index (Phi) is 6.41. The molecular weight excluding hydrogens is 410 g/mol. The van der Waals surface area contributed by atoms with Crippen molar-refractivity contribution in [3.05, 3.63) is 59.0 Å². The Hall–Kier alpha value is -3.39. The SMILES string of the molecule is COC(=O)C[C@H]1c2cc(OC)c(OC)cc2CCN1Cc1nc(-c2cccc(C)c2)no1. The Morgan fingerprint density at radius 2 is 1.94 bits per heavy atom. The molecule has 8 heteroatoms. The Bertz CT molecular complexity index is 1110. The fourth-order valence-electron chi connectivity index (χ4n) is 4.14. The fourth-order valence-corrected chi connectivity index (χ4v) is 4.14. The first-order valence-corrected chi connectivity index (χ1v) is 10.5. The molecule has 0 amide bonds. The summed E-state index contributed by atoms with van der Waals surface area (Å²) in [5.74, 6) is 2.07. The van der Waals surface area contributed by atoms with Gasteiger partial charge in [-0.05, 0) is 42.7 Å². The van der Waals surface area contributed by atoms with E-state index in [4.69, 9.17) is 18.7 Å². The molecule has 0 bridgehead atoms. The van der Waals surface area contributed by atoms with Crippen LogP contribution in [0.15, 0.2) is 40.9 Å². The summed E-state index contributed by atoms with van der Waals surface area (Å²) in [6, 6.07) is 11.7. The van der Waals surface area contributed by atoms with Crippen molar-refractivity contribution in [3.8, 4) is 22.9 Å². The average Bonchev–Trinajstić information content (AvgIpc) is 3.28. The first-order valence-electron chi connectivity index (χ1n) is 10.5. The van der Waals surface area contributed by atoms with Crippen molar-refractivity contribution in [2.75, 3.05) is 27.9 Å². The second-order valence-corrected chi connectivity index (χ2v) is 7.80. The van der Waals surface area contributed by atoms with Crippen LogP contribution < -0.4 is 9.47 Å². The first-order chi connectivity index (χ1) is 15.5. The normalized spacial score (nSPS) is 15.8. The van der Waals surface area contributed by atoms with Gasteiger partial charge in [0.1, 0.15) is 0 Å². The highest BCUT2D eigenvalue weighted by Gasteiger charge is 2.32. The van der Waals surface area contributed by atoms with Crippen molar-refractivity contribution in [2.24, 2.45) is 0 Å². The number of hydrogen-bond donors (Lipinski definition) is 0. The molecule has 1 aromatic heterocycles. The summed E-state index contributed by atoms with van der Waals surface area (Å²) in [6.45, 7) is 3.18. The molecule has 168 valence electrons. The minimum Gasteiger partial charge on any atom is -0.493 e. The van der Waals surface area contributed by atoms with Gasteiger partial charge in [0.2, 0.25) is 11.7 Å². The number of fused-ring (bicyclic) bond motifs is 1. The molecule has 1 aliphatic rings. The maximum Gasteiger partial charge on any atom is 0.307 e. The summed E-state index contributed by atoms with van der Waals surface area (Å²) < 4.78 is 21.5. The molecule has 0 saturated carbocycles. The van der Waals surface area contributed by atoms with Gasteiger partial charge in [0, 0.05) is 18.2 Å². The van der Waals surface area contributed by atoms with E-state index >= 15 is 0 Å². The largest absolute Gasteiger partial charge is 0.493 e. The molecule has 0 saturated heterocycles. The molecule has 0 unspecified atom stereocenters. The minimum atomic E-state index is -0.284. The number of carbonyl (C=O) groups is 1. The van der Waals surface area contributed by atoms with Crippen LogP contribution in [0.1, 0.15) is 35.0 Å². The lowest BCUT2D eigenvalue weighted by Gasteiger charge is -2.36. The number of aryl methyl sites for hydroxylation is 1. The van der Waals surface area contributed by atoms with E-state index < -0.39 is 0 Å².